The van der Waals surface area contributed by atoms with E-state index in [1.807, 2.05) is 30.3 Å². The first-order valence-electron chi connectivity index (χ1n) is 7.54. The highest BCUT2D eigenvalue weighted by Crippen LogP contribution is 2.22. The van der Waals surface area contributed by atoms with E-state index >= 15 is 0 Å². The molecular weight excluding hydrogens is 338 g/mol. The van der Waals surface area contributed by atoms with Crippen LogP contribution < -0.4 is 10.1 Å². The minimum Gasteiger partial charge on any atom is -0.457 e. The van der Waals surface area contributed by atoms with Crippen LogP contribution in [0.1, 0.15) is 9.67 Å². The Bertz CT molecular complexity index is 830. The molecule has 25 heavy (non-hydrogen) atoms. The molecule has 3 rings (SSSR count). The van der Waals surface area contributed by atoms with Crippen LogP contribution in [0.3, 0.4) is 0 Å². The van der Waals surface area contributed by atoms with Gasteiger partial charge in [0.25, 0.3) is 5.91 Å². The Balaban J connectivity index is 1.49. The second kappa shape index (κ2) is 8.12. The van der Waals surface area contributed by atoms with Crippen LogP contribution in [0, 0.1) is 0 Å². The summed E-state index contributed by atoms with van der Waals surface area (Å²) in [4.78, 5) is 24.0. The Morgan fingerprint density at radius 2 is 1.60 bits per heavy atom. The number of rotatable bonds is 6. The van der Waals surface area contributed by atoms with Gasteiger partial charge in [0.05, 0.1) is 0 Å². The molecule has 0 atom stereocenters. The van der Waals surface area contributed by atoms with Crippen LogP contribution in [0.2, 0.25) is 0 Å². The molecule has 0 fully saturated rings. The number of esters is 1. The number of amides is 1. The van der Waals surface area contributed by atoms with Gasteiger partial charge in [0.15, 0.2) is 6.61 Å². The Morgan fingerprint density at radius 3 is 2.28 bits per heavy atom. The molecule has 0 spiro atoms. The zero-order chi connectivity index (χ0) is 17.5. The van der Waals surface area contributed by atoms with Crippen LogP contribution >= 0.6 is 11.3 Å². The Morgan fingerprint density at radius 1 is 0.880 bits per heavy atom. The molecule has 1 amide bonds. The number of carbonyl (C=O) groups excluding carboxylic acids is 2. The van der Waals surface area contributed by atoms with Crippen molar-refractivity contribution in [3.8, 4) is 11.5 Å². The van der Waals surface area contributed by atoms with Crippen molar-refractivity contribution in [3.63, 3.8) is 0 Å². The van der Waals surface area contributed by atoms with Gasteiger partial charge in [-0.15, -0.1) is 11.3 Å². The lowest BCUT2D eigenvalue weighted by Gasteiger charge is -2.08. The summed E-state index contributed by atoms with van der Waals surface area (Å²) in [6, 6.07) is 19.8. The molecule has 0 bridgehead atoms. The third-order valence-electron chi connectivity index (χ3n) is 3.17. The van der Waals surface area contributed by atoms with Gasteiger partial charge in [-0.3, -0.25) is 4.79 Å². The van der Waals surface area contributed by atoms with E-state index in [9.17, 15) is 9.59 Å². The molecule has 0 saturated carbocycles. The largest absolute Gasteiger partial charge is 0.457 e. The molecule has 0 aliphatic rings. The van der Waals surface area contributed by atoms with Crippen LogP contribution in [-0.2, 0) is 9.53 Å². The molecule has 0 saturated heterocycles. The first-order valence-corrected chi connectivity index (χ1v) is 8.42. The summed E-state index contributed by atoms with van der Waals surface area (Å²) in [5.41, 5.74) is 0.595. The molecule has 0 radical (unpaired) electrons. The van der Waals surface area contributed by atoms with Gasteiger partial charge in [0, 0.05) is 5.69 Å². The fourth-order valence-electron chi connectivity index (χ4n) is 2.02. The predicted octanol–water partition coefficient (Wildman–Crippen LogP) is 4.34. The monoisotopic (exact) mass is 353 g/mol. The van der Waals surface area contributed by atoms with Crippen molar-refractivity contribution >= 4 is 28.9 Å². The lowest BCUT2D eigenvalue weighted by molar-refractivity contribution is -0.119. The quantitative estimate of drug-likeness (QED) is 0.670. The van der Waals surface area contributed by atoms with Gasteiger partial charge in [0.1, 0.15) is 16.4 Å². The Hall–Kier alpha value is -3.12. The molecular formula is C19H15NO4S. The maximum Gasteiger partial charge on any atom is 0.348 e. The fraction of sp³-hybridized carbons (Fsp3) is 0.0526. The van der Waals surface area contributed by atoms with Crippen LogP contribution in [-0.4, -0.2) is 18.5 Å². The molecule has 1 heterocycles. The molecule has 0 unspecified atom stereocenters. The molecule has 1 N–H and O–H groups in total. The highest BCUT2D eigenvalue weighted by Gasteiger charge is 2.11. The van der Waals surface area contributed by atoms with Crippen molar-refractivity contribution in [2.75, 3.05) is 11.9 Å². The van der Waals surface area contributed by atoms with Crippen LogP contribution in [0.15, 0.2) is 72.1 Å². The minimum absolute atomic E-state index is 0.334. The molecule has 3 aromatic rings. The molecule has 2 aromatic carbocycles. The van der Waals surface area contributed by atoms with Gasteiger partial charge >= 0.3 is 5.97 Å². The summed E-state index contributed by atoms with van der Waals surface area (Å²) in [6.45, 7) is -0.334. The van der Waals surface area contributed by atoms with Gasteiger partial charge in [-0.2, -0.15) is 0 Å². The summed E-state index contributed by atoms with van der Waals surface area (Å²) in [5, 5.41) is 4.44. The number of ether oxygens (including phenoxy) is 2. The maximum atomic E-state index is 11.8. The predicted molar refractivity (Wildman–Crippen MR) is 96.2 cm³/mol. The Labute approximate surface area is 148 Å². The highest BCUT2D eigenvalue weighted by atomic mass is 32.1. The van der Waals surface area contributed by atoms with Crippen molar-refractivity contribution in [3.05, 3.63) is 77.0 Å². The van der Waals surface area contributed by atoms with Crippen molar-refractivity contribution in [1.82, 2.24) is 0 Å². The number of para-hydroxylation sites is 1. The summed E-state index contributed by atoms with van der Waals surface area (Å²) in [5.74, 6) is 0.492. The fourth-order valence-corrected chi connectivity index (χ4v) is 2.64. The average Bonchev–Trinajstić information content (AvgIpc) is 3.17. The van der Waals surface area contributed by atoms with E-state index in [4.69, 9.17) is 9.47 Å². The molecule has 0 aliphatic carbocycles. The number of hydrogen-bond donors (Lipinski definition) is 1. The summed E-state index contributed by atoms with van der Waals surface area (Å²) >= 11 is 1.27. The van der Waals surface area contributed by atoms with E-state index in [1.165, 1.54) is 11.3 Å². The summed E-state index contributed by atoms with van der Waals surface area (Å²) in [6.07, 6.45) is 0. The number of anilines is 1. The van der Waals surface area contributed by atoms with Crippen LogP contribution in [0.5, 0.6) is 11.5 Å². The van der Waals surface area contributed by atoms with E-state index < -0.39 is 11.9 Å². The van der Waals surface area contributed by atoms with Gasteiger partial charge < -0.3 is 14.8 Å². The molecule has 6 heteroatoms. The van der Waals surface area contributed by atoms with E-state index in [1.54, 1.807) is 41.8 Å². The van der Waals surface area contributed by atoms with Gasteiger partial charge in [-0.05, 0) is 47.8 Å². The number of thiophene rings is 1. The van der Waals surface area contributed by atoms with E-state index in [0.29, 0.717) is 16.3 Å². The van der Waals surface area contributed by atoms with Gasteiger partial charge in [-0.1, -0.05) is 24.3 Å². The average molecular weight is 353 g/mol. The lowest BCUT2D eigenvalue weighted by Crippen LogP contribution is -2.20. The maximum absolute atomic E-state index is 11.8. The second-order valence-electron chi connectivity index (χ2n) is 5.04. The third kappa shape index (κ3) is 4.92. The van der Waals surface area contributed by atoms with Crippen molar-refractivity contribution in [2.45, 2.75) is 0 Å². The minimum atomic E-state index is -0.503. The molecule has 126 valence electrons. The number of nitrogens with one attached hydrogen (secondary N) is 1. The van der Waals surface area contributed by atoms with Crippen LogP contribution in [0.4, 0.5) is 5.69 Å². The zero-order valence-electron chi connectivity index (χ0n) is 13.2. The van der Waals surface area contributed by atoms with Crippen molar-refractivity contribution in [1.29, 1.82) is 0 Å². The Kier molecular flexibility index (Phi) is 5.43. The van der Waals surface area contributed by atoms with Crippen molar-refractivity contribution < 1.29 is 19.1 Å². The van der Waals surface area contributed by atoms with Gasteiger partial charge in [-0.25, -0.2) is 4.79 Å². The molecule has 5 nitrogen and oxygen atoms in total. The van der Waals surface area contributed by atoms with Crippen molar-refractivity contribution in [2.24, 2.45) is 0 Å². The SMILES string of the molecule is O=C(COC(=O)c1cccs1)Nc1ccc(Oc2ccccc2)cc1. The summed E-state index contributed by atoms with van der Waals surface area (Å²) < 4.78 is 10.6. The topological polar surface area (TPSA) is 64.6 Å². The smallest absolute Gasteiger partial charge is 0.348 e. The van der Waals surface area contributed by atoms with E-state index in [0.717, 1.165) is 5.75 Å². The normalized spacial score (nSPS) is 10.1. The van der Waals surface area contributed by atoms with E-state index in [2.05, 4.69) is 5.32 Å². The van der Waals surface area contributed by atoms with Crippen LogP contribution in [0.25, 0.3) is 0 Å². The third-order valence-corrected chi connectivity index (χ3v) is 4.02. The second-order valence-corrected chi connectivity index (χ2v) is 5.99. The number of benzene rings is 2. The first-order chi connectivity index (χ1) is 12.2. The number of carbonyl (C=O) groups is 2. The van der Waals surface area contributed by atoms with Gasteiger partial charge in [0.2, 0.25) is 0 Å². The van der Waals surface area contributed by atoms with E-state index in [-0.39, 0.29) is 6.61 Å². The lowest BCUT2D eigenvalue weighted by atomic mass is 10.3. The summed E-state index contributed by atoms with van der Waals surface area (Å²) in [7, 11) is 0. The molecule has 1 aromatic heterocycles. The number of hydrogen-bond acceptors (Lipinski definition) is 5. The zero-order valence-corrected chi connectivity index (χ0v) is 14.0. The first kappa shape index (κ1) is 16.7. The molecule has 0 aliphatic heterocycles. The standard InChI is InChI=1S/C19H15NO4S/c21-18(13-23-19(22)17-7-4-12-25-17)20-14-8-10-16(11-9-14)24-15-5-2-1-3-6-15/h1-12H,13H2,(H,20,21). The highest BCUT2D eigenvalue weighted by molar-refractivity contribution is 7.11.